The minimum absolute atomic E-state index is 0.0218. The molecule has 0 aliphatic carbocycles. The molecule has 160 valence electrons. The predicted octanol–water partition coefficient (Wildman–Crippen LogP) is 4.40. The van der Waals surface area contributed by atoms with Gasteiger partial charge in [0.05, 0.1) is 16.3 Å². The van der Waals surface area contributed by atoms with Gasteiger partial charge in [0, 0.05) is 35.0 Å². The van der Waals surface area contributed by atoms with Crippen LogP contribution in [0.5, 0.6) is 0 Å². The molecular weight excluding hydrogens is 412 g/mol. The molecule has 1 aliphatic rings. The van der Waals surface area contributed by atoms with Crippen molar-refractivity contribution in [2.75, 3.05) is 22.5 Å². The van der Waals surface area contributed by atoms with Crippen LogP contribution in [0.2, 0.25) is 0 Å². The molecule has 0 fully saturated rings. The Morgan fingerprint density at radius 3 is 2.52 bits per heavy atom. The van der Waals surface area contributed by atoms with E-state index < -0.39 is 9.84 Å². The summed E-state index contributed by atoms with van der Waals surface area (Å²) in [6, 6.07) is 17.2. The van der Waals surface area contributed by atoms with Crippen LogP contribution in [-0.2, 0) is 14.6 Å². The molecule has 0 spiro atoms. The third-order valence-electron chi connectivity index (χ3n) is 5.49. The first kappa shape index (κ1) is 21.1. The van der Waals surface area contributed by atoms with Crippen molar-refractivity contribution >= 4 is 43.8 Å². The van der Waals surface area contributed by atoms with Crippen molar-refractivity contribution in [1.82, 2.24) is 0 Å². The Balaban J connectivity index is 1.54. The predicted molar refractivity (Wildman–Crippen MR) is 122 cm³/mol. The van der Waals surface area contributed by atoms with Gasteiger partial charge in [0.15, 0.2) is 9.84 Å². The van der Waals surface area contributed by atoms with Gasteiger partial charge in [-0.3, -0.25) is 9.59 Å². The van der Waals surface area contributed by atoms with Crippen molar-refractivity contribution < 1.29 is 18.0 Å². The maximum Gasteiger partial charge on any atom is 0.258 e. The maximum atomic E-state index is 12.8. The number of unbranched alkanes of at least 4 members (excludes halogenated alkanes) is 1. The Bertz CT molecular complexity index is 1250. The molecule has 1 aliphatic heterocycles. The first-order valence-corrected chi connectivity index (χ1v) is 12.0. The van der Waals surface area contributed by atoms with Crippen LogP contribution < -0.4 is 10.2 Å². The van der Waals surface area contributed by atoms with E-state index in [0.717, 1.165) is 29.3 Å². The number of carbonyl (C=O) groups excluding carboxylic acids is 2. The average Bonchev–Trinajstić information content (AvgIpc) is 3.06. The van der Waals surface area contributed by atoms with Gasteiger partial charge in [0.2, 0.25) is 5.91 Å². The number of nitrogens with one attached hydrogen (secondary N) is 1. The number of hydrogen-bond acceptors (Lipinski definition) is 4. The summed E-state index contributed by atoms with van der Waals surface area (Å²) < 4.78 is 24.9. The van der Waals surface area contributed by atoms with E-state index >= 15 is 0 Å². The van der Waals surface area contributed by atoms with Crippen LogP contribution in [0.3, 0.4) is 0 Å². The van der Waals surface area contributed by atoms with Crippen LogP contribution in [0.25, 0.3) is 10.8 Å². The highest BCUT2D eigenvalue weighted by atomic mass is 32.2. The Labute approximate surface area is 181 Å². The molecule has 0 aromatic heterocycles. The molecule has 0 unspecified atom stereocenters. The van der Waals surface area contributed by atoms with Gasteiger partial charge >= 0.3 is 0 Å². The summed E-state index contributed by atoms with van der Waals surface area (Å²) >= 11 is 0. The van der Waals surface area contributed by atoms with Crippen molar-refractivity contribution in [3.63, 3.8) is 0 Å². The van der Waals surface area contributed by atoms with Gasteiger partial charge in [-0.05, 0) is 36.8 Å². The first-order chi connectivity index (χ1) is 14.9. The Morgan fingerprint density at radius 2 is 1.77 bits per heavy atom. The van der Waals surface area contributed by atoms with Gasteiger partial charge in [0.1, 0.15) is 0 Å². The molecule has 31 heavy (non-hydrogen) atoms. The summed E-state index contributed by atoms with van der Waals surface area (Å²) in [6.45, 7) is 2.74. The molecule has 3 aromatic carbocycles. The van der Waals surface area contributed by atoms with E-state index in [0.29, 0.717) is 17.8 Å². The molecule has 6 nitrogen and oxygen atoms in total. The second kappa shape index (κ2) is 8.51. The molecule has 2 amide bonds. The number of benzene rings is 3. The topological polar surface area (TPSA) is 83.6 Å². The normalized spacial score (nSPS) is 13.1. The molecule has 0 saturated heterocycles. The monoisotopic (exact) mass is 436 g/mol. The Hall–Kier alpha value is -3.19. The van der Waals surface area contributed by atoms with E-state index in [9.17, 15) is 18.0 Å². The zero-order valence-corrected chi connectivity index (χ0v) is 18.1. The summed E-state index contributed by atoms with van der Waals surface area (Å²) in [5.74, 6) is -0.674. The minimum atomic E-state index is -3.53. The standard InChI is InChI=1S/C24H24N2O4S/c1-2-3-15-26-21-13-12-20(18-10-7-11-19(23(18)21)24(26)28)25-22(27)14-16-31(29,30)17-8-5-4-6-9-17/h4-13H,2-3,14-16H2,1H3,(H,25,27). The van der Waals surface area contributed by atoms with Crippen LogP contribution >= 0.6 is 0 Å². The first-order valence-electron chi connectivity index (χ1n) is 10.4. The number of rotatable bonds is 8. The van der Waals surface area contributed by atoms with Crippen molar-refractivity contribution in [3.05, 3.63) is 66.2 Å². The fraction of sp³-hybridized carbons (Fsp3) is 0.250. The number of amides is 2. The fourth-order valence-corrected chi connectivity index (χ4v) is 5.14. The summed E-state index contributed by atoms with van der Waals surface area (Å²) in [4.78, 5) is 27.4. The zero-order chi connectivity index (χ0) is 22.0. The van der Waals surface area contributed by atoms with Crippen molar-refractivity contribution in [1.29, 1.82) is 0 Å². The number of anilines is 2. The van der Waals surface area contributed by atoms with Crippen molar-refractivity contribution in [2.45, 2.75) is 31.1 Å². The molecule has 3 aromatic rings. The van der Waals surface area contributed by atoms with Crippen LogP contribution in [-0.4, -0.2) is 32.5 Å². The molecule has 0 saturated carbocycles. The van der Waals surface area contributed by atoms with Gasteiger partial charge in [-0.2, -0.15) is 0 Å². The lowest BCUT2D eigenvalue weighted by atomic mass is 10.0. The van der Waals surface area contributed by atoms with Gasteiger partial charge < -0.3 is 10.2 Å². The number of carbonyl (C=O) groups is 2. The van der Waals surface area contributed by atoms with Crippen LogP contribution in [0, 0.1) is 0 Å². The second-order valence-electron chi connectivity index (χ2n) is 7.60. The minimum Gasteiger partial charge on any atom is -0.325 e. The van der Waals surface area contributed by atoms with Crippen molar-refractivity contribution in [2.24, 2.45) is 0 Å². The molecule has 4 rings (SSSR count). The third-order valence-corrected chi connectivity index (χ3v) is 7.23. The van der Waals surface area contributed by atoms with Crippen LogP contribution in [0.4, 0.5) is 11.4 Å². The van der Waals surface area contributed by atoms with Gasteiger partial charge in [0.25, 0.3) is 5.91 Å². The van der Waals surface area contributed by atoms with Gasteiger partial charge in [-0.1, -0.05) is 43.7 Å². The second-order valence-corrected chi connectivity index (χ2v) is 9.71. The van der Waals surface area contributed by atoms with E-state index in [1.807, 2.05) is 12.1 Å². The van der Waals surface area contributed by atoms with Crippen molar-refractivity contribution in [3.8, 4) is 0 Å². The number of nitrogens with zero attached hydrogens (tertiary/aromatic N) is 1. The summed E-state index contributed by atoms with van der Waals surface area (Å²) in [5.41, 5.74) is 2.06. The lowest BCUT2D eigenvalue weighted by Crippen LogP contribution is -2.27. The van der Waals surface area contributed by atoms with E-state index in [1.165, 1.54) is 12.1 Å². The summed E-state index contributed by atoms with van der Waals surface area (Å²) in [5, 5.41) is 4.44. The maximum absolute atomic E-state index is 12.8. The van der Waals surface area contributed by atoms with E-state index in [4.69, 9.17) is 0 Å². The third kappa shape index (κ3) is 4.05. The van der Waals surface area contributed by atoms with Crippen LogP contribution in [0.1, 0.15) is 36.5 Å². The van der Waals surface area contributed by atoms with E-state index in [1.54, 1.807) is 41.3 Å². The number of sulfone groups is 1. The highest BCUT2D eigenvalue weighted by Crippen LogP contribution is 2.40. The zero-order valence-electron chi connectivity index (χ0n) is 17.3. The van der Waals surface area contributed by atoms with E-state index in [-0.39, 0.29) is 28.9 Å². The molecule has 1 N–H and O–H groups in total. The molecule has 1 heterocycles. The smallest absolute Gasteiger partial charge is 0.258 e. The Morgan fingerprint density at radius 1 is 1.00 bits per heavy atom. The molecule has 7 heteroatoms. The lowest BCUT2D eigenvalue weighted by Gasteiger charge is -2.17. The molecule has 0 atom stereocenters. The molecular formula is C24H24N2O4S. The highest BCUT2D eigenvalue weighted by Gasteiger charge is 2.30. The summed E-state index contributed by atoms with van der Waals surface area (Å²) in [6.07, 6.45) is 1.75. The van der Waals surface area contributed by atoms with E-state index in [2.05, 4.69) is 12.2 Å². The summed E-state index contributed by atoms with van der Waals surface area (Å²) in [7, 11) is -3.53. The van der Waals surface area contributed by atoms with Gasteiger partial charge in [-0.15, -0.1) is 0 Å². The number of hydrogen-bond donors (Lipinski definition) is 1. The van der Waals surface area contributed by atoms with Gasteiger partial charge in [-0.25, -0.2) is 8.42 Å². The quantitative estimate of drug-likeness (QED) is 0.567. The molecule has 0 radical (unpaired) electrons. The largest absolute Gasteiger partial charge is 0.325 e. The highest BCUT2D eigenvalue weighted by molar-refractivity contribution is 7.91. The van der Waals surface area contributed by atoms with Crippen LogP contribution in [0.15, 0.2) is 65.6 Å². The SMILES string of the molecule is CCCCN1C(=O)c2cccc3c(NC(=O)CCS(=O)(=O)c4ccccc4)ccc1c23. The Kier molecular flexibility index (Phi) is 5.78. The average molecular weight is 437 g/mol. The lowest BCUT2D eigenvalue weighted by molar-refractivity contribution is -0.115. The fourth-order valence-electron chi connectivity index (χ4n) is 3.88. The molecule has 0 bridgehead atoms.